The lowest BCUT2D eigenvalue weighted by atomic mass is 10.1. The molecule has 0 aliphatic heterocycles. The predicted molar refractivity (Wildman–Crippen MR) is 56.3 cm³/mol. The van der Waals surface area contributed by atoms with Gasteiger partial charge in [0.1, 0.15) is 5.82 Å². The van der Waals surface area contributed by atoms with Crippen LogP contribution in [-0.2, 0) is 0 Å². The van der Waals surface area contributed by atoms with Crippen LogP contribution in [0.25, 0.3) is 0 Å². The Bertz CT molecular complexity index is 321. The number of halogens is 1. The van der Waals surface area contributed by atoms with E-state index in [1.807, 2.05) is 29.5 Å². The molecule has 0 saturated heterocycles. The van der Waals surface area contributed by atoms with E-state index < -0.39 is 0 Å². The molecule has 4 heteroatoms. The van der Waals surface area contributed by atoms with Crippen LogP contribution >= 0.6 is 22.6 Å². The molecule has 3 nitrogen and oxygen atoms in total. The summed E-state index contributed by atoms with van der Waals surface area (Å²) in [4.78, 5) is 18.1. The highest BCUT2D eigenvalue weighted by Gasteiger charge is 2.05. The monoisotopic (exact) mass is 278 g/mol. The van der Waals surface area contributed by atoms with Crippen molar-refractivity contribution >= 4 is 22.6 Å². The number of rotatable bonds is 2. The van der Waals surface area contributed by atoms with E-state index in [-0.39, 0.29) is 5.56 Å². The van der Waals surface area contributed by atoms with Crippen LogP contribution in [0.3, 0.4) is 0 Å². The highest BCUT2D eigenvalue weighted by molar-refractivity contribution is 14.1. The van der Waals surface area contributed by atoms with Crippen molar-refractivity contribution in [2.75, 3.05) is 0 Å². The van der Waals surface area contributed by atoms with Crippen molar-refractivity contribution in [1.82, 2.24) is 9.97 Å². The molecular formula is C8H11IN2O. The van der Waals surface area contributed by atoms with Gasteiger partial charge in [-0.15, -0.1) is 0 Å². The first-order valence-electron chi connectivity index (χ1n) is 3.89. The molecule has 1 heterocycles. The first-order valence-corrected chi connectivity index (χ1v) is 4.97. The van der Waals surface area contributed by atoms with E-state index in [1.165, 1.54) is 0 Å². The molecule has 1 N–H and O–H groups in total. The zero-order chi connectivity index (χ0) is 9.14. The zero-order valence-electron chi connectivity index (χ0n) is 7.10. The summed E-state index contributed by atoms with van der Waals surface area (Å²) in [5, 5.41) is 0. The van der Waals surface area contributed by atoms with E-state index in [9.17, 15) is 4.79 Å². The Morgan fingerprint density at radius 3 is 2.92 bits per heavy atom. The average molecular weight is 278 g/mol. The molecule has 1 unspecified atom stereocenters. The molecule has 0 aliphatic carbocycles. The van der Waals surface area contributed by atoms with E-state index in [0.29, 0.717) is 9.49 Å². The Hall–Kier alpha value is -0.390. The Balaban J connectivity index is 3.05. The maximum atomic E-state index is 11.2. The number of hydrogen-bond donors (Lipinski definition) is 1. The summed E-state index contributed by atoms with van der Waals surface area (Å²) >= 11 is 1.97. The smallest absolute Gasteiger partial charge is 0.264 e. The van der Waals surface area contributed by atoms with E-state index in [2.05, 4.69) is 16.9 Å². The third kappa shape index (κ3) is 2.06. The number of hydrogen-bond acceptors (Lipinski definition) is 2. The molecule has 1 aromatic rings. The molecule has 12 heavy (non-hydrogen) atoms. The molecule has 0 amide bonds. The Morgan fingerprint density at radius 2 is 2.42 bits per heavy atom. The molecule has 0 spiro atoms. The lowest BCUT2D eigenvalue weighted by molar-refractivity contribution is 0.672. The van der Waals surface area contributed by atoms with Crippen LogP contribution in [0.2, 0.25) is 0 Å². The maximum Gasteiger partial charge on any atom is 0.264 e. The van der Waals surface area contributed by atoms with Crippen LogP contribution in [0.5, 0.6) is 0 Å². The summed E-state index contributed by atoms with van der Waals surface area (Å²) in [5.74, 6) is 1.11. The van der Waals surface area contributed by atoms with Crippen molar-refractivity contribution in [1.29, 1.82) is 0 Å². The summed E-state index contributed by atoms with van der Waals surface area (Å²) in [6.45, 7) is 4.12. The lowest BCUT2D eigenvalue weighted by Crippen LogP contribution is -2.15. The van der Waals surface area contributed by atoms with Gasteiger partial charge in [0.2, 0.25) is 0 Å². The second-order valence-electron chi connectivity index (χ2n) is 2.75. The van der Waals surface area contributed by atoms with Crippen molar-refractivity contribution < 1.29 is 0 Å². The summed E-state index contributed by atoms with van der Waals surface area (Å²) < 4.78 is 0.639. The third-order valence-electron chi connectivity index (χ3n) is 1.85. The van der Waals surface area contributed by atoms with E-state index >= 15 is 0 Å². The highest BCUT2D eigenvalue weighted by atomic mass is 127. The Morgan fingerprint density at radius 1 is 1.75 bits per heavy atom. The second kappa shape index (κ2) is 4.02. The standard InChI is InChI=1S/C8H11IN2O/c1-3-5(2)7-10-4-6(9)8(12)11-7/h4-5H,3H2,1-2H3,(H,10,11,12). The van der Waals surface area contributed by atoms with Crippen molar-refractivity contribution in [2.45, 2.75) is 26.2 Å². The number of nitrogens with zero attached hydrogens (tertiary/aromatic N) is 1. The molecule has 1 rings (SSSR count). The lowest BCUT2D eigenvalue weighted by Gasteiger charge is -2.05. The zero-order valence-corrected chi connectivity index (χ0v) is 9.25. The van der Waals surface area contributed by atoms with Crippen molar-refractivity contribution in [3.8, 4) is 0 Å². The minimum absolute atomic E-state index is 0.0408. The van der Waals surface area contributed by atoms with E-state index in [1.54, 1.807) is 6.20 Å². The van der Waals surface area contributed by atoms with Gasteiger partial charge in [-0.1, -0.05) is 13.8 Å². The van der Waals surface area contributed by atoms with Gasteiger partial charge in [-0.2, -0.15) is 0 Å². The largest absolute Gasteiger partial charge is 0.309 e. The predicted octanol–water partition coefficient (Wildman–Crippen LogP) is 1.89. The first kappa shape index (κ1) is 9.70. The normalized spacial score (nSPS) is 12.9. The van der Waals surface area contributed by atoms with Gasteiger partial charge in [0.15, 0.2) is 0 Å². The summed E-state index contributed by atoms with van der Waals surface area (Å²) in [5.41, 5.74) is -0.0408. The van der Waals surface area contributed by atoms with Crippen LogP contribution in [0, 0.1) is 3.57 Å². The van der Waals surface area contributed by atoms with Gasteiger partial charge in [-0.3, -0.25) is 4.79 Å². The second-order valence-corrected chi connectivity index (χ2v) is 3.92. The molecule has 1 aromatic heterocycles. The fraction of sp³-hybridized carbons (Fsp3) is 0.500. The highest BCUT2D eigenvalue weighted by Crippen LogP contribution is 2.11. The van der Waals surface area contributed by atoms with Crippen LogP contribution in [0.1, 0.15) is 32.0 Å². The van der Waals surface area contributed by atoms with Crippen LogP contribution in [-0.4, -0.2) is 9.97 Å². The maximum absolute atomic E-state index is 11.2. The molecule has 0 radical (unpaired) electrons. The molecule has 0 bridgehead atoms. The first-order chi connectivity index (χ1) is 5.65. The molecule has 1 atom stereocenters. The minimum Gasteiger partial charge on any atom is -0.309 e. The number of aromatic nitrogens is 2. The summed E-state index contributed by atoms with van der Waals surface area (Å²) in [7, 11) is 0. The minimum atomic E-state index is -0.0408. The Kier molecular flexibility index (Phi) is 3.25. The summed E-state index contributed by atoms with van der Waals surface area (Å²) in [6.07, 6.45) is 2.60. The molecule has 0 saturated carbocycles. The van der Waals surface area contributed by atoms with Gasteiger partial charge in [-0.25, -0.2) is 4.98 Å². The molecule has 0 fully saturated rings. The number of nitrogens with one attached hydrogen (secondary N) is 1. The topological polar surface area (TPSA) is 45.8 Å². The van der Waals surface area contributed by atoms with Crippen molar-refractivity contribution in [2.24, 2.45) is 0 Å². The molecular weight excluding hydrogens is 267 g/mol. The Labute approximate surface area is 84.8 Å². The van der Waals surface area contributed by atoms with Gasteiger partial charge in [0, 0.05) is 12.1 Å². The fourth-order valence-corrected chi connectivity index (χ4v) is 1.11. The number of H-pyrrole nitrogens is 1. The molecule has 0 aromatic carbocycles. The quantitative estimate of drug-likeness (QED) is 0.840. The van der Waals surface area contributed by atoms with Crippen molar-refractivity contribution in [3.05, 3.63) is 25.9 Å². The molecule has 0 aliphatic rings. The number of aromatic amines is 1. The van der Waals surface area contributed by atoms with Crippen molar-refractivity contribution in [3.63, 3.8) is 0 Å². The van der Waals surface area contributed by atoms with Crippen LogP contribution in [0.15, 0.2) is 11.0 Å². The van der Waals surface area contributed by atoms with Gasteiger partial charge in [0.25, 0.3) is 5.56 Å². The third-order valence-corrected chi connectivity index (χ3v) is 2.62. The van der Waals surface area contributed by atoms with E-state index in [4.69, 9.17) is 0 Å². The average Bonchev–Trinajstić information content (AvgIpc) is 2.08. The van der Waals surface area contributed by atoms with Crippen LogP contribution < -0.4 is 5.56 Å². The van der Waals surface area contributed by atoms with Gasteiger partial charge >= 0.3 is 0 Å². The summed E-state index contributed by atoms with van der Waals surface area (Å²) in [6, 6.07) is 0. The van der Waals surface area contributed by atoms with Gasteiger partial charge < -0.3 is 4.98 Å². The molecule has 66 valence electrons. The van der Waals surface area contributed by atoms with Crippen LogP contribution in [0.4, 0.5) is 0 Å². The SMILES string of the molecule is CCC(C)c1ncc(I)c(=O)[nH]1. The van der Waals surface area contributed by atoms with Gasteiger partial charge in [0.05, 0.1) is 3.57 Å². The van der Waals surface area contributed by atoms with Gasteiger partial charge in [-0.05, 0) is 29.0 Å². The fourth-order valence-electron chi connectivity index (χ4n) is 0.837. The van der Waals surface area contributed by atoms with E-state index in [0.717, 1.165) is 12.2 Å².